The van der Waals surface area contributed by atoms with Gasteiger partial charge in [0.25, 0.3) is 0 Å². The van der Waals surface area contributed by atoms with Crippen molar-refractivity contribution >= 4 is 19.0 Å². The van der Waals surface area contributed by atoms with Crippen molar-refractivity contribution in [1.29, 1.82) is 0 Å². The van der Waals surface area contributed by atoms with Crippen molar-refractivity contribution in [3.05, 3.63) is 23.3 Å². The number of hydrogen-bond donors (Lipinski definition) is 6. The van der Waals surface area contributed by atoms with E-state index >= 15 is 0 Å². The van der Waals surface area contributed by atoms with Gasteiger partial charge in [-0.2, -0.15) is 0 Å². The Morgan fingerprint density at radius 1 is 1.36 bits per heavy atom. The van der Waals surface area contributed by atoms with Gasteiger partial charge in [0.1, 0.15) is 0 Å². The predicted molar refractivity (Wildman–Crippen MR) is 96.7 cm³/mol. The number of carboxylic acid groups (broad SMARTS) is 1. The van der Waals surface area contributed by atoms with Gasteiger partial charge in [-0.25, -0.2) is 0 Å². The van der Waals surface area contributed by atoms with Gasteiger partial charge in [0.2, 0.25) is 0 Å². The zero-order valence-electron chi connectivity index (χ0n) is 15.2. The Bertz CT molecular complexity index is 701. The number of aromatic hydroxyl groups is 1. The maximum atomic E-state index is 11.8. The van der Waals surface area contributed by atoms with Crippen LogP contribution in [0.25, 0.3) is 0 Å². The Morgan fingerprint density at radius 2 is 2.07 bits per heavy atom. The van der Waals surface area contributed by atoms with Gasteiger partial charge in [0.05, 0.1) is 0 Å². The third kappa shape index (κ3) is 6.48. The van der Waals surface area contributed by atoms with Gasteiger partial charge < -0.3 is 10.0 Å². The summed E-state index contributed by atoms with van der Waals surface area (Å²) in [7, 11) is -1.54. The molecule has 12 heteroatoms. The van der Waals surface area contributed by atoms with Crippen LogP contribution >= 0.6 is 0 Å². The van der Waals surface area contributed by atoms with Crippen LogP contribution in [-0.2, 0) is 11.2 Å². The second-order valence-corrected chi connectivity index (χ2v) is 8.71. The molecule has 1 heterocycles. The number of carboxylic acids is 1. The number of rotatable bonds is 11. The average molecular weight is 508 g/mol. The number of aryl methyl sites for hydroxylation is 1. The van der Waals surface area contributed by atoms with Crippen LogP contribution in [0, 0.1) is 0 Å². The molecule has 1 aromatic carbocycles. The van der Waals surface area contributed by atoms with Gasteiger partial charge in [-0.1, -0.05) is 0 Å². The van der Waals surface area contributed by atoms with Gasteiger partial charge >= 0.3 is 157 Å². The van der Waals surface area contributed by atoms with Crippen molar-refractivity contribution in [1.82, 2.24) is 8.43 Å². The number of halogens is 1. The average Bonchev–Trinajstić information content (AvgIpc) is 2.58. The zero-order valence-corrected chi connectivity index (χ0v) is 17.3. The van der Waals surface area contributed by atoms with E-state index in [1.807, 2.05) is 4.90 Å². The third-order valence-corrected chi connectivity index (χ3v) is 6.21. The van der Waals surface area contributed by atoms with Gasteiger partial charge in [0.15, 0.2) is 0 Å². The molecule has 1 fully saturated rings. The first-order chi connectivity index (χ1) is 13.3. The first kappa shape index (κ1) is 22.7. The summed E-state index contributed by atoms with van der Waals surface area (Å²) in [6.07, 6.45) is -0.197. The number of aromatic carboxylic acids is 1. The number of alkyl halides is 1. The summed E-state index contributed by atoms with van der Waals surface area (Å²) in [5, 5.41) is 37.5. The fourth-order valence-corrected chi connectivity index (χ4v) is 3.90. The van der Waals surface area contributed by atoms with Crippen LogP contribution in [0.1, 0.15) is 15.9 Å². The number of carbonyl (C=O) groups excluding carboxylic acids is 1. The third-order valence-electron chi connectivity index (χ3n) is 4.07. The van der Waals surface area contributed by atoms with Gasteiger partial charge in [-0.3, -0.25) is 0 Å². The standard InChI is InChI=1S/C16H24BIN3O7/c19-6-5-18-20-13(22)9-21-7-11(8-21)28-12-2-1-10(3-4-17(26)27)15(23)14(12)16(24)25/h1-2,11,23,26-27H,3-9,19H2,(H,20,22)(H,24,25)/q-1. The molecule has 1 aliphatic rings. The number of hydrogen-bond acceptors (Lipinski definition) is 8. The number of amides is 1. The number of benzene rings is 1. The number of likely N-dealkylation sites (tertiary alicyclic amines) is 1. The first-order valence-corrected chi connectivity index (χ1v) is 11.3. The second-order valence-electron chi connectivity index (χ2n) is 6.33. The topological polar surface area (TPSA) is 166 Å². The molecule has 1 amide bonds. The molecule has 0 spiro atoms. The number of nitrogens with zero attached hydrogens (tertiary/aromatic N) is 1. The molecule has 10 nitrogen and oxygen atoms in total. The van der Waals surface area contributed by atoms with Crippen molar-refractivity contribution in [2.45, 2.75) is 18.8 Å². The quantitative estimate of drug-likeness (QED) is 0.0566. The fraction of sp³-hybridized carbons (Fsp3) is 0.500. The summed E-state index contributed by atoms with van der Waals surface area (Å²) in [6, 6.07) is 2.96. The Balaban J connectivity index is 1.91. The van der Waals surface area contributed by atoms with Crippen molar-refractivity contribution in [3.8, 4) is 11.5 Å². The summed E-state index contributed by atoms with van der Waals surface area (Å²) in [4.78, 5) is 25.2. The van der Waals surface area contributed by atoms with E-state index in [1.165, 1.54) is 12.1 Å². The van der Waals surface area contributed by atoms with Crippen LogP contribution in [0.3, 0.4) is 0 Å². The Labute approximate surface area is 173 Å². The molecule has 0 saturated carbocycles. The minimum absolute atomic E-state index is 0.0278. The predicted octanol–water partition coefficient (Wildman–Crippen LogP) is -4.75. The SMILES string of the molecule is NCC[I-]NC(=O)CN1CC(Oc2ccc(CCB(O)O)c(O)c2C(=O)O)C1. The van der Waals surface area contributed by atoms with E-state index in [0.717, 1.165) is 4.43 Å². The zero-order chi connectivity index (χ0) is 20.7. The van der Waals surface area contributed by atoms with E-state index in [4.69, 9.17) is 20.5 Å². The van der Waals surface area contributed by atoms with Crippen LogP contribution in [0.2, 0.25) is 6.32 Å². The van der Waals surface area contributed by atoms with Crippen molar-refractivity contribution < 1.29 is 56.1 Å². The van der Waals surface area contributed by atoms with Gasteiger partial charge in [-0.15, -0.1) is 0 Å². The van der Waals surface area contributed by atoms with E-state index in [0.29, 0.717) is 25.2 Å². The number of nitrogens with two attached hydrogens (primary N) is 1. The van der Waals surface area contributed by atoms with Crippen LogP contribution < -0.4 is 35.5 Å². The Kier molecular flexibility index (Phi) is 8.75. The normalized spacial score (nSPS) is 14.5. The van der Waals surface area contributed by atoms with Crippen molar-refractivity contribution in [3.63, 3.8) is 0 Å². The molecule has 0 aromatic heterocycles. The van der Waals surface area contributed by atoms with Crippen LogP contribution in [0.5, 0.6) is 11.5 Å². The summed E-state index contributed by atoms with van der Waals surface area (Å²) in [6.45, 7) is 1.76. The maximum absolute atomic E-state index is 11.8. The van der Waals surface area contributed by atoms with E-state index in [1.54, 1.807) is 0 Å². The molecule has 1 aromatic rings. The summed E-state index contributed by atoms with van der Waals surface area (Å²) in [5.74, 6) is -1.79. The molecular formula is C16H24BIN3O7-. The number of nitrogens with one attached hydrogen (secondary N) is 1. The molecule has 0 aliphatic carbocycles. The second kappa shape index (κ2) is 10.8. The molecule has 0 bridgehead atoms. The van der Waals surface area contributed by atoms with Crippen molar-refractivity contribution in [2.75, 3.05) is 30.6 Å². The summed E-state index contributed by atoms with van der Waals surface area (Å²) in [5.41, 5.74) is 5.34. The van der Waals surface area contributed by atoms with Crippen molar-refractivity contribution in [2.24, 2.45) is 5.73 Å². The van der Waals surface area contributed by atoms with Crippen LogP contribution in [0.4, 0.5) is 0 Å². The molecule has 0 unspecified atom stereocenters. The monoisotopic (exact) mass is 508 g/mol. The number of phenols is 1. The Hall–Kier alpha value is -1.61. The van der Waals surface area contributed by atoms with E-state index in [9.17, 15) is 19.8 Å². The molecule has 7 N–H and O–H groups in total. The summed E-state index contributed by atoms with van der Waals surface area (Å²) < 4.78 is 9.38. The summed E-state index contributed by atoms with van der Waals surface area (Å²) >= 11 is -0.414. The molecule has 156 valence electrons. The van der Waals surface area contributed by atoms with Crippen LogP contribution in [-0.4, -0.2) is 80.9 Å². The first-order valence-electron chi connectivity index (χ1n) is 8.72. The van der Waals surface area contributed by atoms with E-state index in [-0.39, 0.29) is 42.6 Å². The molecular weight excluding hydrogens is 484 g/mol. The van der Waals surface area contributed by atoms with Gasteiger partial charge in [-0.05, 0) is 6.32 Å². The van der Waals surface area contributed by atoms with E-state index < -0.39 is 40.3 Å². The van der Waals surface area contributed by atoms with E-state index in [2.05, 4.69) is 3.53 Å². The molecule has 0 radical (unpaired) electrons. The minimum atomic E-state index is -1.54. The number of carbonyl (C=O) groups is 2. The number of ether oxygens (including phenoxy) is 1. The molecule has 1 saturated heterocycles. The fourth-order valence-electron chi connectivity index (χ4n) is 2.72. The molecule has 28 heavy (non-hydrogen) atoms. The van der Waals surface area contributed by atoms with Gasteiger partial charge in [0, 0.05) is 0 Å². The van der Waals surface area contributed by atoms with Crippen LogP contribution in [0.15, 0.2) is 12.1 Å². The molecule has 0 atom stereocenters. The molecule has 1 aliphatic heterocycles. The Morgan fingerprint density at radius 3 is 2.68 bits per heavy atom. The molecule has 2 rings (SSSR count).